The van der Waals surface area contributed by atoms with Crippen molar-refractivity contribution in [1.29, 1.82) is 0 Å². The summed E-state index contributed by atoms with van der Waals surface area (Å²) in [6.45, 7) is 6.47. The van der Waals surface area contributed by atoms with Gasteiger partial charge in [0, 0.05) is 19.3 Å². The summed E-state index contributed by atoms with van der Waals surface area (Å²) in [5, 5.41) is 0. The van der Waals surface area contributed by atoms with Crippen LogP contribution in [0.4, 0.5) is 0 Å². The molecule has 0 N–H and O–H groups in total. The van der Waals surface area contributed by atoms with Crippen molar-refractivity contribution in [2.24, 2.45) is 0 Å². The first-order valence-electron chi connectivity index (χ1n) is 34.7. The Morgan fingerprint density at radius 3 is 0.840 bits per heavy atom. The number of carbonyl (C=O) groups is 3. The summed E-state index contributed by atoms with van der Waals surface area (Å²) in [5.74, 6) is -0.989. The van der Waals surface area contributed by atoms with E-state index in [1.165, 1.54) is 205 Å². The molecule has 0 saturated carbocycles. The van der Waals surface area contributed by atoms with Gasteiger partial charge in [-0.25, -0.2) is 0 Å². The molecule has 81 heavy (non-hydrogen) atoms. The van der Waals surface area contributed by atoms with Gasteiger partial charge in [0.15, 0.2) is 6.10 Å². The first-order chi connectivity index (χ1) is 40.0. The fourth-order valence-electron chi connectivity index (χ4n) is 9.87. The number of unbranched alkanes of at least 4 members (excludes halogenated alkanes) is 36. The largest absolute Gasteiger partial charge is 0.462 e. The van der Waals surface area contributed by atoms with Gasteiger partial charge in [-0.3, -0.25) is 14.4 Å². The molecule has 0 saturated heterocycles. The Labute approximate surface area is 502 Å². The van der Waals surface area contributed by atoms with E-state index < -0.39 is 6.10 Å². The highest BCUT2D eigenvalue weighted by atomic mass is 16.6. The quantitative estimate of drug-likeness (QED) is 0.0261. The summed E-state index contributed by atoms with van der Waals surface area (Å²) in [4.78, 5) is 38.3. The van der Waals surface area contributed by atoms with Crippen molar-refractivity contribution in [2.45, 2.75) is 348 Å². The second-order valence-electron chi connectivity index (χ2n) is 23.1. The van der Waals surface area contributed by atoms with Crippen molar-refractivity contribution in [1.82, 2.24) is 0 Å². The lowest BCUT2D eigenvalue weighted by atomic mass is 10.0. The molecule has 0 aromatic rings. The summed E-state index contributed by atoms with van der Waals surface area (Å²) in [6.07, 6.45) is 93.2. The minimum absolute atomic E-state index is 0.103. The van der Waals surface area contributed by atoms with E-state index in [4.69, 9.17) is 14.2 Å². The topological polar surface area (TPSA) is 78.9 Å². The fraction of sp³-hybridized carbons (Fsp3) is 0.747. The van der Waals surface area contributed by atoms with Crippen molar-refractivity contribution in [3.63, 3.8) is 0 Å². The third-order valence-corrected chi connectivity index (χ3v) is 15.1. The van der Waals surface area contributed by atoms with Crippen molar-refractivity contribution < 1.29 is 28.6 Å². The van der Waals surface area contributed by atoms with E-state index in [1.807, 2.05) is 6.08 Å². The average molecular weight is 1130 g/mol. The van der Waals surface area contributed by atoms with Crippen LogP contribution in [0, 0.1) is 0 Å². The Balaban J connectivity index is 4.29. The molecular weight excluding hydrogens is 997 g/mol. The second-order valence-corrected chi connectivity index (χ2v) is 23.1. The summed E-state index contributed by atoms with van der Waals surface area (Å²) in [7, 11) is 0. The molecule has 6 nitrogen and oxygen atoms in total. The number of esters is 3. The van der Waals surface area contributed by atoms with Gasteiger partial charge in [-0.1, -0.05) is 311 Å². The van der Waals surface area contributed by atoms with E-state index in [2.05, 4.69) is 112 Å². The Morgan fingerprint density at radius 2 is 0.506 bits per heavy atom. The van der Waals surface area contributed by atoms with Crippen molar-refractivity contribution in [3.8, 4) is 0 Å². The minimum atomic E-state index is -0.815. The molecule has 0 fully saturated rings. The van der Waals surface area contributed by atoms with E-state index in [0.29, 0.717) is 19.3 Å². The van der Waals surface area contributed by atoms with Crippen LogP contribution in [0.1, 0.15) is 342 Å². The smallest absolute Gasteiger partial charge is 0.306 e. The number of carbonyl (C=O) groups excluding carboxylic acids is 3. The Hall–Kier alpha value is -3.67. The maximum atomic E-state index is 12.9. The number of rotatable bonds is 63. The van der Waals surface area contributed by atoms with Gasteiger partial charge in [0.05, 0.1) is 0 Å². The van der Waals surface area contributed by atoms with Crippen LogP contribution in [0.15, 0.2) is 97.2 Å². The lowest BCUT2D eigenvalue weighted by Gasteiger charge is -2.18. The molecule has 0 aliphatic carbocycles. The van der Waals surface area contributed by atoms with Gasteiger partial charge in [0.1, 0.15) is 13.2 Å². The molecule has 0 aromatic heterocycles. The highest BCUT2D eigenvalue weighted by Gasteiger charge is 2.19. The zero-order valence-electron chi connectivity index (χ0n) is 53.5. The number of allylic oxidation sites excluding steroid dienone is 16. The number of hydrogen-bond acceptors (Lipinski definition) is 6. The highest BCUT2D eigenvalue weighted by Crippen LogP contribution is 2.17. The molecule has 0 aliphatic heterocycles. The maximum Gasteiger partial charge on any atom is 0.306 e. The molecule has 1 atom stereocenters. The van der Waals surface area contributed by atoms with Crippen LogP contribution >= 0.6 is 0 Å². The summed E-state index contributed by atoms with van der Waals surface area (Å²) in [6, 6.07) is 0. The number of ether oxygens (including phenoxy) is 3. The van der Waals surface area contributed by atoms with Gasteiger partial charge in [0.2, 0.25) is 0 Å². The predicted octanol–water partition coefficient (Wildman–Crippen LogP) is 24.0. The Bertz CT molecular complexity index is 1580. The SMILES string of the molecule is CC/C=C\C/C=C\C/C=C\C/C=C\CCC(=O)OCC(COC(=O)CCCCCCCCCCCCCCCCCCC/C=C\CCCCCCCCCC)OC(=O)CCCCCCCC/C=C\C/C=C\C/C=C\CCCCCCC. The lowest BCUT2D eigenvalue weighted by Crippen LogP contribution is -2.30. The first-order valence-corrected chi connectivity index (χ1v) is 34.7. The first kappa shape index (κ1) is 77.3. The molecule has 0 aliphatic rings. The average Bonchev–Trinajstić information content (AvgIpc) is 3.46. The van der Waals surface area contributed by atoms with Crippen LogP contribution in [0.2, 0.25) is 0 Å². The minimum Gasteiger partial charge on any atom is -0.462 e. The zero-order valence-corrected chi connectivity index (χ0v) is 53.5. The molecule has 0 radical (unpaired) electrons. The monoisotopic (exact) mass is 1130 g/mol. The van der Waals surface area contributed by atoms with E-state index in [1.54, 1.807) is 0 Å². The Kier molecular flexibility index (Phi) is 65.7. The van der Waals surface area contributed by atoms with Gasteiger partial charge in [0.25, 0.3) is 0 Å². The van der Waals surface area contributed by atoms with Crippen molar-refractivity contribution in [2.75, 3.05) is 13.2 Å². The van der Waals surface area contributed by atoms with E-state index in [0.717, 1.165) is 89.9 Å². The fourth-order valence-corrected chi connectivity index (χ4v) is 9.87. The third-order valence-electron chi connectivity index (χ3n) is 15.1. The van der Waals surface area contributed by atoms with Crippen LogP contribution in [0.5, 0.6) is 0 Å². The molecular formula is C75H130O6. The van der Waals surface area contributed by atoms with E-state index >= 15 is 0 Å². The lowest BCUT2D eigenvalue weighted by molar-refractivity contribution is -0.166. The molecule has 0 heterocycles. The molecule has 1 unspecified atom stereocenters. The van der Waals surface area contributed by atoms with Crippen molar-refractivity contribution >= 4 is 17.9 Å². The van der Waals surface area contributed by atoms with E-state index in [-0.39, 0.29) is 37.5 Å². The number of hydrogen-bond donors (Lipinski definition) is 0. The van der Waals surface area contributed by atoms with Gasteiger partial charge >= 0.3 is 17.9 Å². The van der Waals surface area contributed by atoms with Crippen LogP contribution in [-0.4, -0.2) is 37.2 Å². The normalized spacial score (nSPS) is 12.7. The van der Waals surface area contributed by atoms with Crippen LogP contribution in [0.3, 0.4) is 0 Å². The zero-order chi connectivity index (χ0) is 58.5. The van der Waals surface area contributed by atoms with Gasteiger partial charge in [-0.05, 0) is 109 Å². The molecule has 0 bridgehead atoms. The Morgan fingerprint density at radius 1 is 0.259 bits per heavy atom. The molecule has 0 aromatic carbocycles. The molecule has 6 heteroatoms. The second kappa shape index (κ2) is 68.8. The summed E-state index contributed by atoms with van der Waals surface area (Å²) >= 11 is 0. The van der Waals surface area contributed by atoms with E-state index in [9.17, 15) is 14.4 Å². The highest BCUT2D eigenvalue weighted by molar-refractivity contribution is 5.71. The summed E-state index contributed by atoms with van der Waals surface area (Å²) < 4.78 is 16.9. The predicted molar refractivity (Wildman–Crippen MR) is 353 cm³/mol. The molecule has 0 spiro atoms. The molecule has 0 amide bonds. The van der Waals surface area contributed by atoms with Gasteiger partial charge < -0.3 is 14.2 Å². The summed E-state index contributed by atoms with van der Waals surface area (Å²) in [5.41, 5.74) is 0. The molecule has 466 valence electrons. The standard InChI is InChI=1S/C75H130O6/c1-4-7-10-13-16-19-22-25-27-29-31-33-34-35-36-37-38-39-40-42-43-45-47-50-53-56-59-62-65-68-74(77)80-71-72(70-79-73(76)67-64-61-58-55-52-49-24-21-18-15-12-9-6-3)81-75(78)69-66-63-60-57-54-51-48-46-44-41-32-30-28-26-23-20-17-14-11-8-5-2/h9,12,18,21,23,26,29-32,44,46,49,52,58,61,72H,4-8,10-11,13-17,19-20,22,24-25,27-28,33-43,45,47-48,50-51,53-57,59-60,62-71H2,1-3H3/b12-9-,21-18-,26-23-,31-29-,32-30-,46-44-,52-49-,61-58-. The van der Waals surface area contributed by atoms with Gasteiger partial charge in [-0.2, -0.15) is 0 Å². The van der Waals surface area contributed by atoms with Crippen molar-refractivity contribution in [3.05, 3.63) is 97.2 Å². The van der Waals surface area contributed by atoms with Crippen LogP contribution in [-0.2, 0) is 28.6 Å². The van der Waals surface area contributed by atoms with Crippen LogP contribution < -0.4 is 0 Å². The van der Waals surface area contributed by atoms with Gasteiger partial charge in [-0.15, -0.1) is 0 Å². The maximum absolute atomic E-state index is 12.9. The third kappa shape index (κ3) is 67.0. The van der Waals surface area contributed by atoms with Crippen LogP contribution in [0.25, 0.3) is 0 Å². The molecule has 0 rings (SSSR count).